The molecule has 7 aromatic carbocycles. The first kappa shape index (κ1) is 38.3. The van der Waals surface area contributed by atoms with Crippen LogP contribution in [0.1, 0.15) is 45.7 Å². The lowest BCUT2D eigenvalue weighted by Crippen LogP contribution is -2.20. The van der Waals surface area contributed by atoms with Crippen molar-refractivity contribution in [1.29, 1.82) is 0 Å². The van der Waals surface area contributed by atoms with Crippen molar-refractivity contribution in [3.8, 4) is 40.2 Å². The first-order chi connectivity index (χ1) is 27.3. The molecule has 7 rings (SSSR count). The molecule has 0 amide bonds. The number of hydrogen-bond donors (Lipinski definition) is 3. The molecule has 0 saturated carbocycles. The lowest BCUT2D eigenvalue weighted by Gasteiger charge is -2.26. The molecule has 292 valence electrons. The van der Waals surface area contributed by atoms with Crippen LogP contribution in [0.3, 0.4) is 0 Å². The number of phenolic OH excluding ortho intramolecular Hbond substituents is 3. The van der Waals surface area contributed by atoms with Gasteiger partial charge >= 0.3 is 11.9 Å². The molecule has 0 aromatic heterocycles. The number of carbonyl (C=O) groups is 2. The highest BCUT2D eigenvalue weighted by Gasteiger charge is 2.34. The summed E-state index contributed by atoms with van der Waals surface area (Å²) >= 11 is 0. The smallest absolute Gasteiger partial charge is 0.338 e. The van der Waals surface area contributed by atoms with Crippen LogP contribution in [0.15, 0.2) is 76.3 Å². The van der Waals surface area contributed by atoms with Crippen LogP contribution < -0.4 is 29.8 Å². The van der Waals surface area contributed by atoms with E-state index in [4.69, 9.17) is 28.4 Å². The molecule has 13 nitrogen and oxygen atoms in total. The molecule has 0 saturated heterocycles. The quantitative estimate of drug-likeness (QED) is 0.0684. The summed E-state index contributed by atoms with van der Waals surface area (Å²) in [5, 5.41) is 34.9. The number of esters is 2. The first-order valence-electron chi connectivity index (χ1n) is 17.9. The van der Waals surface area contributed by atoms with Gasteiger partial charge in [-0.3, -0.25) is 9.59 Å². The fraction of sp³-hybridized carbons (Fsp3) is 0.227. The second kappa shape index (κ2) is 14.9. The van der Waals surface area contributed by atoms with Crippen LogP contribution in [0.2, 0.25) is 0 Å². The average molecular weight is 775 g/mol. The maximum Gasteiger partial charge on any atom is 0.338 e. The van der Waals surface area contributed by atoms with Gasteiger partial charge in [0.1, 0.15) is 29.5 Å². The van der Waals surface area contributed by atoms with Crippen molar-refractivity contribution < 1.29 is 53.3 Å². The zero-order chi connectivity index (χ0) is 40.9. The summed E-state index contributed by atoms with van der Waals surface area (Å²) in [4.78, 5) is 54.6. The van der Waals surface area contributed by atoms with Crippen LogP contribution in [0.4, 0.5) is 0 Å². The minimum absolute atomic E-state index is 0.0345. The van der Waals surface area contributed by atoms with E-state index in [1.807, 2.05) is 0 Å². The molecule has 0 radical (unpaired) electrons. The lowest BCUT2D eigenvalue weighted by atomic mass is 9.81. The van der Waals surface area contributed by atoms with E-state index in [0.29, 0.717) is 16.3 Å². The Labute approximate surface area is 324 Å². The van der Waals surface area contributed by atoms with Gasteiger partial charge in [0.2, 0.25) is 0 Å². The highest BCUT2D eigenvalue weighted by molar-refractivity contribution is 6.38. The Morgan fingerprint density at radius 2 is 0.930 bits per heavy atom. The number of phenols is 3. The van der Waals surface area contributed by atoms with E-state index in [1.54, 1.807) is 44.2 Å². The van der Waals surface area contributed by atoms with E-state index < -0.39 is 46.5 Å². The molecule has 0 aliphatic heterocycles. The van der Waals surface area contributed by atoms with Crippen LogP contribution in [0, 0.1) is 0 Å². The first-order valence-corrected chi connectivity index (χ1v) is 17.9. The summed E-state index contributed by atoms with van der Waals surface area (Å²) in [6.45, 7) is 3.29. The number of fused-ring (bicyclic) bond motifs is 2. The van der Waals surface area contributed by atoms with Gasteiger partial charge in [-0.2, -0.15) is 0 Å². The highest BCUT2D eigenvalue weighted by Crippen LogP contribution is 2.55. The topological polar surface area (TPSA) is 184 Å². The fourth-order valence-electron chi connectivity index (χ4n) is 7.81. The molecule has 7 aromatic rings. The average Bonchev–Trinajstić information content (AvgIpc) is 3.19. The van der Waals surface area contributed by atoms with Crippen LogP contribution in [-0.4, -0.2) is 67.9 Å². The van der Waals surface area contributed by atoms with Gasteiger partial charge in [-0.15, -0.1) is 0 Å². The van der Waals surface area contributed by atoms with Crippen LogP contribution in [0.5, 0.6) is 40.2 Å². The zero-order valence-corrected chi connectivity index (χ0v) is 31.8. The van der Waals surface area contributed by atoms with Crippen molar-refractivity contribution in [3.63, 3.8) is 0 Å². The zero-order valence-electron chi connectivity index (χ0n) is 31.8. The van der Waals surface area contributed by atoms with Crippen molar-refractivity contribution >= 4 is 55.0 Å². The van der Waals surface area contributed by atoms with Gasteiger partial charge < -0.3 is 43.7 Å². The summed E-state index contributed by atoms with van der Waals surface area (Å²) < 4.78 is 35.0. The Morgan fingerprint density at radius 3 is 1.32 bits per heavy atom. The molecule has 0 heterocycles. The van der Waals surface area contributed by atoms with E-state index in [0.717, 1.165) is 0 Å². The van der Waals surface area contributed by atoms with Gasteiger partial charge in [0.05, 0.1) is 50.3 Å². The Balaban J connectivity index is 1.62. The molecular formula is C44H38O13. The summed E-state index contributed by atoms with van der Waals surface area (Å²) in [5.74, 6) is -2.34. The van der Waals surface area contributed by atoms with Gasteiger partial charge in [0.25, 0.3) is 0 Å². The predicted octanol–water partition coefficient (Wildman–Crippen LogP) is 6.62. The van der Waals surface area contributed by atoms with Crippen molar-refractivity contribution in [2.45, 2.75) is 38.9 Å². The molecule has 57 heavy (non-hydrogen) atoms. The normalized spacial score (nSPS) is 12.5. The Kier molecular flexibility index (Phi) is 10.0. The Morgan fingerprint density at radius 1 is 0.526 bits per heavy atom. The summed E-state index contributed by atoms with van der Waals surface area (Å²) in [7, 11) is 5.37. The number of methoxy groups -OCH3 is 4. The maximum absolute atomic E-state index is 14.0. The molecule has 13 heteroatoms. The van der Waals surface area contributed by atoms with Gasteiger partial charge in [0, 0.05) is 57.6 Å². The second-order valence-electron chi connectivity index (χ2n) is 13.6. The third-order valence-electron chi connectivity index (χ3n) is 10.1. The van der Waals surface area contributed by atoms with E-state index >= 15 is 0 Å². The molecule has 3 N–H and O–H groups in total. The number of ether oxygens (including phenoxy) is 6. The third-order valence-corrected chi connectivity index (χ3v) is 10.1. The molecule has 0 aliphatic rings. The van der Waals surface area contributed by atoms with Crippen LogP contribution in [0.25, 0.3) is 43.1 Å². The molecule has 0 fully saturated rings. The van der Waals surface area contributed by atoms with Crippen molar-refractivity contribution in [3.05, 3.63) is 109 Å². The Bertz CT molecular complexity index is 2820. The summed E-state index contributed by atoms with van der Waals surface area (Å²) in [6.07, 6.45) is -1.95. The van der Waals surface area contributed by atoms with Gasteiger partial charge in [0.15, 0.2) is 33.9 Å². The minimum Gasteiger partial charge on any atom is -0.508 e. The fourth-order valence-corrected chi connectivity index (χ4v) is 7.81. The molecule has 0 spiro atoms. The monoisotopic (exact) mass is 774 g/mol. The molecule has 0 aliphatic carbocycles. The van der Waals surface area contributed by atoms with Crippen molar-refractivity contribution in [1.82, 2.24) is 0 Å². The molecule has 0 unspecified atom stereocenters. The highest BCUT2D eigenvalue weighted by atomic mass is 16.5. The Hall–Kier alpha value is -7.02. The van der Waals surface area contributed by atoms with Crippen molar-refractivity contribution in [2.75, 3.05) is 28.4 Å². The molecule has 2 atom stereocenters. The number of carbonyl (C=O) groups excluding carboxylic acids is 2. The largest absolute Gasteiger partial charge is 0.508 e. The van der Waals surface area contributed by atoms with E-state index in [-0.39, 0.29) is 90.6 Å². The van der Waals surface area contributed by atoms with E-state index in [2.05, 4.69) is 0 Å². The van der Waals surface area contributed by atoms with Crippen molar-refractivity contribution in [2.24, 2.45) is 0 Å². The third kappa shape index (κ3) is 6.30. The number of benzene rings is 7. The van der Waals surface area contributed by atoms with Gasteiger partial charge in [-0.25, -0.2) is 9.59 Å². The predicted molar refractivity (Wildman–Crippen MR) is 213 cm³/mol. The lowest BCUT2D eigenvalue weighted by molar-refractivity contribution is 0.0331. The van der Waals surface area contributed by atoms with Crippen LogP contribution in [-0.2, 0) is 22.3 Å². The van der Waals surface area contributed by atoms with Gasteiger partial charge in [-0.05, 0) is 61.0 Å². The summed E-state index contributed by atoms with van der Waals surface area (Å²) in [5.41, 5.74) is -0.179. The SMILES string of the molecule is COc1c(O)c2c(=O)cc(OC)c3c4c(OC)cc(=O)c5c(O)c(OC)c(C[C@@H](C)OC(=O)c6ccc(O)cc6)c(c(c1C[C@@H](C)OC(=O)c1ccccc1)c23)c54. The number of rotatable bonds is 12. The second-order valence-corrected chi connectivity index (χ2v) is 13.6. The van der Waals surface area contributed by atoms with Crippen LogP contribution >= 0.6 is 0 Å². The van der Waals surface area contributed by atoms with Gasteiger partial charge in [-0.1, -0.05) is 18.2 Å². The number of hydrogen-bond acceptors (Lipinski definition) is 13. The maximum atomic E-state index is 14.0. The number of aromatic hydroxyl groups is 3. The molecule has 0 bridgehead atoms. The molecular weight excluding hydrogens is 736 g/mol. The minimum atomic E-state index is -0.903. The summed E-state index contributed by atoms with van der Waals surface area (Å²) in [6, 6.07) is 16.3. The van der Waals surface area contributed by atoms with E-state index in [9.17, 15) is 34.5 Å². The standard InChI is InChI=1S/C44H38O13/c1-20(56-43(50)22-10-8-7-9-11-22)16-25-31-32-26(17-21(2)57-44(51)23-12-14-24(45)15-13-23)42(55-6)40(49)34-28(47)19-30(53-4)36(38(32)34)35-29(52-3)18-27(46)33(37(31)35)39(48)41(25)54-5/h7-15,18-21,45,48-49H,16-17H2,1-6H3/t20-,21-/m1/s1. The van der Waals surface area contributed by atoms with E-state index in [1.165, 1.54) is 64.8 Å².